The lowest BCUT2D eigenvalue weighted by Gasteiger charge is -2.15. The van der Waals surface area contributed by atoms with Gasteiger partial charge in [0.1, 0.15) is 0 Å². The van der Waals surface area contributed by atoms with Crippen molar-refractivity contribution in [3.8, 4) is 5.69 Å². The zero-order valence-corrected chi connectivity index (χ0v) is 11.0. The predicted molar refractivity (Wildman–Crippen MR) is 76.0 cm³/mol. The molecule has 0 saturated heterocycles. The molecule has 0 radical (unpaired) electrons. The molecule has 4 nitrogen and oxygen atoms in total. The summed E-state index contributed by atoms with van der Waals surface area (Å²) in [4.78, 5) is 0. The molecule has 1 aromatic heterocycles. The molecule has 0 bridgehead atoms. The number of hydrogen-bond donors (Lipinski definition) is 2. The van der Waals surface area contributed by atoms with Gasteiger partial charge in [-0.1, -0.05) is 18.2 Å². The Morgan fingerprint density at radius 2 is 2.16 bits per heavy atom. The van der Waals surface area contributed by atoms with Crippen LogP contribution >= 0.6 is 0 Å². The van der Waals surface area contributed by atoms with Gasteiger partial charge in [0, 0.05) is 31.0 Å². The maximum Gasteiger partial charge on any atom is 0.0690 e. The van der Waals surface area contributed by atoms with Crippen molar-refractivity contribution in [2.45, 2.75) is 37.9 Å². The molecular weight excluding hydrogens is 236 g/mol. The van der Waals surface area contributed by atoms with Crippen molar-refractivity contribution in [2.24, 2.45) is 5.73 Å². The lowest BCUT2D eigenvalue weighted by Crippen LogP contribution is -2.28. The highest BCUT2D eigenvalue weighted by Gasteiger charge is 2.21. The molecule has 1 aromatic carbocycles. The summed E-state index contributed by atoms with van der Waals surface area (Å²) in [5, 5.41) is 7.92. The van der Waals surface area contributed by atoms with Crippen LogP contribution in [0.1, 0.15) is 24.8 Å². The molecule has 1 saturated carbocycles. The quantitative estimate of drug-likeness (QED) is 0.877. The van der Waals surface area contributed by atoms with Crippen molar-refractivity contribution in [2.75, 3.05) is 0 Å². The molecule has 100 valence electrons. The first-order valence-electron chi connectivity index (χ1n) is 6.90. The van der Waals surface area contributed by atoms with Crippen molar-refractivity contribution in [1.82, 2.24) is 15.1 Å². The molecule has 2 atom stereocenters. The number of nitrogens with one attached hydrogen (secondary N) is 1. The Morgan fingerprint density at radius 3 is 2.89 bits per heavy atom. The molecule has 1 heterocycles. The molecule has 0 spiro atoms. The molecule has 3 rings (SSSR count). The Balaban J connectivity index is 1.71. The molecule has 2 aromatic rings. The predicted octanol–water partition coefficient (Wildman–Crippen LogP) is 1.84. The van der Waals surface area contributed by atoms with Gasteiger partial charge < -0.3 is 11.1 Å². The summed E-state index contributed by atoms with van der Waals surface area (Å²) >= 11 is 0. The van der Waals surface area contributed by atoms with Crippen LogP contribution < -0.4 is 11.1 Å². The maximum atomic E-state index is 5.95. The Hall–Kier alpha value is -1.65. The Kier molecular flexibility index (Phi) is 3.62. The fraction of sp³-hybridized carbons (Fsp3) is 0.400. The third kappa shape index (κ3) is 2.85. The monoisotopic (exact) mass is 256 g/mol. The van der Waals surface area contributed by atoms with E-state index < -0.39 is 0 Å². The van der Waals surface area contributed by atoms with Crippen LogP contribution in [0.4, 0.5) is 0 Å². The van der Waals surface area contributed by atoms with Gasteiger partial charge in [-0.15, -0.1) is 0 Å². The van der Waals surface area contributed by atoms with Gasteiger partial charge in [0.15, 0.2) is 0 Å². The molecule has 1 aliphatic carbocycles. The SMILES string of the molecule is NC1CCC(NCc2ccccc2-n2cccn2)C1. The number of para-hydroxylation sites is 1. The molecule has 4 heteroatoms. The van der Waals surface area contributed by atoms with E-state index >= 15 is 0 Å². The molecule has 19 heavy (non-hydrogen) atoms. The minimum atomic E-state index is 0.374. The Bertz CT molecular complexity index is 521. The van der Waals surface area contributed by atoms with Crippen molar-refractivity contribution < 1.29 is 0 Å². The summed E-state index contributed by atoms with van der Waals surface area (Å²) in [7, 11) is 0. The maximum absolute atomic E-state index is 5.95. The largest absolute Gasteiger partial charge is 0.328 e. The second-order valence-electron chi connectivity index (χ2n) is 5.23. The number of nitrogens with two attached hydrogens (primary N) is 1. The van der Waals surface area contributed by atoms with Gasteiger partial charge in [0.25, 0.3) is 0 Å². The second-order valence-corrected chi connectivity index (χ2v) is 5.23. The molecular formula is C15H20N4. The summed E-state index contributed by atoms with van der Waals surface area (Å²) in [6, 6.07) is 11.2. The molecule has 1 fully saturated rings. The van der Waals surface area contributed by atoms with Crippen LogP contribution in [0.5, 0.6) is 0 Å². The zero-order chi connectivity index (χ0) is 13.1. The zero-order valence-electron chi connectivity index (χ0n) is 11.0. The van der Waals surface area contributed by atoms with Crippen LogP contribution in [0.3, 0.4) is 0 Å². The average molecular weight is 256 g/mol. The van der Waals surface area contributed by atoms with Gasteiger partial charge in [0.05, 0.1) is 5.69 Å². The number of hydrogen-bond acceptors (Lipinski definition) is 3. The summed E-state index contributed by atoms with van der Waals surface area (Å²) in [5.74, 6) is 0. The van der Waals surface area contributed by atoms with E-state index in [4.69, 9.17) is 5.73 Å². The summed E-state index contributed by atoms with van der Waals surface area (Å²) in [6.45, 7) is 0.868. The van der Waals surface area contributed by atoms with Crippen molar-refractivity contribution in [3.63, 3.8) is 0 Å². The molecule has 1 aliphatic rings. The minimum Gasteiger partial charge on any atom is -0.328 e. The molecule has 0 aliphatic heterocycles. The standard InChI is InChI=1S/C15H20N4/c16-13-6-7-14(10-13)17-11-12-4-1-2-5-15(12)19-9-3-8-18-19/h1-5,8-9,13-14,17H,6-7,10-11,16H2. The first kappa shape index (κ1) is 12.4. The van der Waals surface area contributed by atoms with Crippen molar-refractivity contribution >= 4 is 0 Å². The molecule has 0 amide bonds. The van der Waals surface area contributed by atoms with E-state index in [-0.39, 0.29) is 0 Å². The molecule has 3 N–H and O–H groups in total. The van der Waals surface area contributed by atoms with Crippen LogP contribution in [-0.4, -0.2) is 21.9 Å². The smallest absolute Gasteiger partial charge is 0.0690 e. The van der Waals surface area contributed by atoms with E-state index in [1.54, 1.807) is 6.20 Å². The third-order valence-electron chi connectivity index (χ3n) is 3.80. The molecule has 2 unspecified atom stereocenters. The number of aromatic nitrogens is 2. The normalized spacial score (nSPS) is 22.8. The lowest BCUT2D eigenvalue weighted by atomic mass is 10.1. The van der Waals surface area contributed by atoms with E-state index in [2.05, 4.69) is 28.6 Å². The average Bonchev–Trinajstić information content (AvgIpc) is 3.08. The highest BCUT2D eigenvalue weighted by atomic mass is 15.3. The van der Waals surface area contributed by atoms with Crippen molar-refractivity contribution in [3.05, 3.63) is 48.3 Å². The van der Waals surface area contributed by atoms with Crippen LogP contribution in [0.2, 0.25) is 0 Å². The summed E-state index contributed by atoms with van der Waals surface area (Å²) in [6.07, 6.45) is 7.19. The Morgan fingerprint density at radius 1 is 1.26 bits per heavy atom. The van der Waals surface area contributed by atoms with E-state index in [0.717, 1.165) is 25.1 Å². The fourth-order valence-electron chi connectivity index (χ4n) is 2.75. The van der Waals surface area contributed by atoms with Crippen LogP contribution in [-0.2, 0) is 6.54 Å². The van der Waals surface area contributed by atoms with Gasteiger partial charge in [-0.05, 0) is 37.0 Å². The van der Waals surface area contributed by atoms with Gasteiger partial charge in [-0.3, -0.25) is 0 Å². The minimum absolute atomic E-state index is 0.374. The third-order valence-corrected chi connectivity index (χ3v) is 3.80. The van der Waals surface area contributed by atoms with Gasteiger partial charge in [-0.2, -0.15) is 5.10 Å². The van der Waals surface area contributed by atoms with E-state index in [9.17, 15) is 0 Å². The van der Waals surface area contributed by atoms with Crippen LogP contribution in [0.25, 0.3) is 5.69 Å². The van der Waals surface area contributed by atoms with Gasteiger partial charge in [0.2, 0.25) is 0 Å². The first-order valence-corrected chi connectivity index (χ1v) is 6.90. The number of benzene rings is 1. The van der Waals surface area contributed by atoms with Crippen LogP contribution in [0.15, 0.2) is 42.7 Å². The lowest BCUT2D eigenvalue weighted by molar-refractivity contribution is 0.515. The Labute approximate surface area is 113 Å². The summed E-state index contributed by atoms with van der Waals surface area (Å²) < 4.78 is 1.91. The number of rotatable bonds is 4. The van der Waals surface area contributed by atoms with Gasteiger partial charge >= 0.3 is 0 Å². The van der Waals surface area contributed by atoms with E-state index in [0.29, 0.717) is 12.1 Å². The topological polar surface area (TPSA) is 55.9 Å². The van der Waals surface area contributed by atoms with Crippen LogP contribution in [0, 0.1) is 0 Å². The first-order chi connectivity index (χ1) is 9.33. The van der Waals surface area contributed by atoms with Gasteiger partial charge in [-0.25, -0.2) is 4.68 Å². The highest BCUT2D eigenvalue weighted by Crippen LogP contribution is 2.19. The highest BCUT2D eigenvalue weighted by molar-refractivity contribution is 5.40. The van der Waals surface area contributed by atoms with E-state index in [1.807, 2.05) is 23.0 Å². The second kappa shape index (κ2) is 5.55. The van der Waals surface area contributed by atoms with Crippen molar-refractivity contribution in [1.29, 1.82) is 0 Å². The fourth-order valence-corrected chi connectivity index (χ4v) is 2.75. The number of nitrogens with zero attached hydrogens (tertiary/aromatic N) is 2. The van der Waals surface area contributed by atoms with E-state index in [1.165, 1.54) is 12.0 Å². The summed E-state index contributed by atoms with van der Waals surface area (Å²) in [5.41, 5.74) is 8.36.